The Hall–Kier alpha value is -1.84. The van der Waals surface area contributed by atoms with Crippen molar-refractivity contribution in [3.63, 3.8) is 0 Å². The molecule has 1 unspecified atom stereocenters. The molecule has 0 aromatic heterocycles. The van der Waals surface area contributed by atoms with Gasteiger partial charge in [0.2, 0.25) is 0 Å². The average Bonchev–Trinajstić information content (AvgIpc) is 2.34. The lowest BCUT2D eigenvalue weighted by molar-refractivity contribution is 0.340. The molecule has 4 heteroatoms. The Kier molecular flexibility index (Phi) is 3.42. The third-order valence-corrected chi connectivity index (χ3v) is 2.79. The molecule has 2 rings (SSSR count). The van der Waals surface area contributed by atoms with Crippen LogP contribution in [0, 0.1) is 5.92 Å². The van der Waals surface area contributed by atoms with Crippen molar-refractivity contribution in [3.05, 3.63) is 29.8 Å². The van der Waals surface area contributed by atoms with Gasteiger partial charge in [-0.25, -0.2) is 0 Å². The third-order valence-electron chi connectivity index (χ3n) is 2.79. The fraction of sp³-hybridized carbons (Fsp3) is 0.385. The number of nitrogens with zero attached hydrogens (tertiary/aromatic N) is 2. The maximum Gasteiger partial charge on any atom is 0.125 e. The van der Waals surface area contributed by atoms with Gasteiger partial charge in [-0.05, 0) is 36.8 Å². The predicted molar refractivity (Wildman–Crippen MR) is 69.6 cm³/mol. The molecule has 17 heavy (non-hydrogen) atoms. The molecule has 0 bridgehead atoms. The molecule has 0 spiro atoms. The van der Waals surface area contributed by atoms with E-state index in [1.54, 1.807) is 0 Å². The van der Waals surface area contributed by atoms with Crippen LogP contribution < -0.4 is 10.5 Å². The van der Waals surface area contributed by atoms with Crippen molar-refractivity contribution in [1.82, 2.24) is 0 Å². The summed E-state index contributed by atoms with van der Waals surface area (Å²) in [4.78, 5) is 0. The highest BCUT2D eigenvalue weighted by Crippen LogP contribution is 2.18. The van der Waals surface area contributed by atoms with Crippen LogP contribution >= 0.6 is 0 Å². The lowest BCUT2D eigenvalue weighted by atomic mass is 9.97. The van der Waals surface area contributed by atoms with Gasteiger partial charge in [-0.15, -0.1) is 5.10 Å². The molecule has 1 aliphatic heterocycles. The molecule has 1 aliphatic rings. The first kappa shape index (κ1) is 11.6. The van der Waals surface area contributed by atoms with Crippen molar-refractivity contribution in [3.8, 4) is 5.75 Å². The minimum Gasteiger partial charge on any atom is -0.494 e. The second-order valence-electron chi connectivity index (χ2n) is 4.13. The Labute approximate surface area is 101 Å². The SMILES string of the molecule is CCOc1ccc(C2=NN=C(N)C(C)C2)cc1. The molecule has 0 fully saturated rings. The van der Waals surface area contributed by atoms with Crippen LogP contribution in [0.25, 0.3) is 0 Å². The molecule has 1 heterocycles. The molecule has 0 saturated heterocycles. The number of amidine groups is 1. The molecule has 0 amide bonds. The van der Waals surface area contributed by atoms with Crippen LogP contribution in [-0.2, 0) is 0 Å². The van der Waals surface area contributed by atoms with E-state index >= 15 is 0 Å². The molecule has 0 aliphatic carbocycles. The summed E-state index contributed by atoms with van der Waals surface area (Å²) in [6.45, 7) is 4.71. The predicted octanol–water partition coefficient (Wildman–Crippen LogP) is 2.19. The van der Waals surface area contributed by atoms with Gasteiger partial charge in [0.05, 0.1) is 12.3 Å². The standard InChI is InChI=1S/C13H17N3O/c1-3-17-11-6-4-10(5-7-11)12-8-9(2)13(14)16-15-12/h4-7,9H,3,8H2,1-2H3,(H2,14,16). The molecule has 90 valence electrons. The lowest BCUT2D eigenvalue weighted by Crippen LogP contribution is -2.26. The van der Waals surface area contributed by atoms with Gasteiger partial charge >= 0.3 is 0 Å². The number of benzene rings is 1. The summed E-state index contributed by atoms with van der Waals surface area (Å²) in [6.07, 6.45) is 0.837. The van der Waals surface area contributed by atoms with Gasteiger partial charge in [-0.3, -0.25) is 0 Å². The van der Waals surface area contributed by atoms with E-state index in [4.69, 9.17) is 10.5 Å². The monoisotopic (exact) mass is 231 g/mol. The summed E-state index contributed by atoms with van der Waals surface area (Å²) in [5.41, 5.74) is 7.77. The van der Waals surface area contributed by atoms with E-state index in [1.165, 1.54) is 0 Å². The first-order valence-electron chi connectivity index (χ1n) is 5.83. The highest BCUT2D eigenvalue weighted by molar-refractivity contribution is 6.04. The molecule has 0 radical (unpaired) electrons. The summed E-state index contributed by atoms with van der Waals surface area (Å²) in [5, 5.41) is 8.12. The van der Waals surface area contributed by atoms with Gasteiger partial charge in [0.15, 0.2) is 0 Å². The molecular weight excluding hydrogens is 214 g/mol. The first-order chi connectivity index (χ1) is 8.20. The van der Waals surface area contributed by atoms with Gasteiger partial charge in [-0.2, -0.15) is 5.10 Å². The van der Waals surface area contributed by atoms with E-state index in [-0.39, 0.29) is 5.92 Å². The minimum absolute atomic E-state index is 0.258. The van der Waals surface area contributed by atoms with Crippen LogP contribution in [0.2, 0.25) is 0 Å². The van der Waals surface area contributed by atoms with Crippen molar-refractivity contribution < 1.29 is 4.74 Å². The van der Waals surface area contributed by atoms with Crippen molar-refractivity contribution in [2.24, 2.45) is 21.9 Å². The van der Waals surface area contributed by atoms with E-state index in [2.05, 4.69) is 17.1 Å². The van der Waals surface area contributed by atoms with Crippen LogP contribution in [0.5, 0.6) is 5.75 Å². The zero-order chi connectivity index (χ0) is 12.3. The smallest absolute Gasteiger partial charge is 0.125 e. The lowest BCUT2D eigenvalue weighted by Gasteiger charge is -2.16. The maximum absolute atomic E-state index is 5.71. The second-order valence-corrected chi connectivity index (χ2v) is 4.13. The van der Waals surface area contributed by atoms with E-state index < -0.39 is 0 Å². The number of ether oxygens (including phenoxy) is 1. The molecule has 2 N–H and O–H groups in total. The van der Waals surface area contributed by atoms with Crippen LogP contribution in [-0.4, -0.2) is 18.2 Å². The number of hydrogen-bond donors (Lipinski definition) is 1. The summed E-state index contributed by atoms with van der Waals surface area (Å²) < 4.78 is 5.40. The zero-order valence-electron chi connectivity index (χ0n) is 10.2. The van der Waals surface area contributed by atoms with Crippen LogP contribution in [0.1, 0.15) is 25.8 Å². The number of hydrogen-bond acceptors (Lipinski definition) is 4. The highest BCUT2D eigenvalue weighted by atomic mass is 16.5. The van der Waals surface area contributed by atoms with Crippen LogP contribution in [0.15, 0.2) is 34.5 Å². The molecule has 1 atom stereocenters. The molecule has 0 saturated carbocycles. The summed E-state index contributed by atoms with van der Waals surface area (Å²) in [7, 11) is 0. The third kappa shape index (κ3) is 2.64. The van der Waals surface area contributed by atoms with Crippen molar-refractivity contribution >= 4 is 11.5 Å². The zero-order valence-corrected chi connectivity index (χ0v) is 10.2. The Balaban J connectivity index is 2.18. The van der Waals surface area contributed by atoms with Crippen molar-refractivity contribution in [1.29, 1.82) is 0 Å². The fourth-order valence-corrected chi connectivity index (χ4v) is 1.74. The topological polar surface area (TPSA) is 60.0 Å². The Bertz CT molecular complexity index is 448. The normalized spacial score (nSPS) is 19.5. The van der Waals surface area contributed by atoms with E-state index in [1.807, 2.05) is 31.2 Å². The van der Waals surface area contributed by atoms with Gasteiger partial charge in [0.1, 0.15) is 11.6 Å². The number of rotatable bonds is 3. The molecule has 1 aromatic rings. The van der Waals surface area contributed by atoms with Crippen molar-refractivity contribution in [2.45, 2.75) is 20.3 Å². The van der Waals surface area contributed by atoms with Gasteiger partial charge < -0.3 is 10.5 Å². The van der Waals surface area contributed by atoms with E-state index in [9.17, 15) is 0 Å². The van der Waals surface area contributed by atoms with E-state index in [0.717, 1.165) is 23.4 Å². The summed E-state index contributed by atoms with van der Waals surface area (Å²) in [6, 6.07) is 7.92. The summed E-state index contributed by atoms with van der Waals surface area (Å²) in [5.74, 6) is 1.75. The molecule has 4 nitrogen and oxygen atoms in total. The van der Waals surface area contributed by atoms with Crippen LogP contribution in [0.3, 0.4) is 0 Å². The summed E-state index contributed by atoms with van der Waals surface area (Å²) >= 11 is 0. The minimum atomic E-state index is 0.258. The first-order valence-corrected chi connectivity index (χ1v) is 5.83. The van der Waals surface area contributed by atoms with Gasteiger partial charge in [0, 0.05) is 12.3 Å². The van der Waals surface area contributed by atoms with Crippen molar-refractivity contribution in [2.75, 3.05) is 6.61 Å². The second kappa shape index (κ2) is 4.99. The van der Waals surface area contributed by atoms with Crippen LogP contribution in [0.4, 0.5) is 0 Å². The molecular formula is C13H17N3O. The maximum atomic E-state index is 5.71. The molecule has 1 aromatic carbocycles. The Morgan fingerprint density at radius 3 is 2.59 bits per heavy atom. The van der Waals surface area contributed by atoms with E-state index in [0.29, 0.717) is 12.4 Å². The van der Waals surface area contributed by atoms with Gasteiger partial charge in [0.25, 0.3) is 0 Å². The average molecular weight is 231 g/mol. The largest absolute Gasteiger partial charge is 0.494 e. The quantitative estimate of drug-likeness (QED) is 0.866. The Morgan fingerprint density at radius 2 is 2.00 bits per heavy atom. The van der Waals surface area contributed by atoms with Gasteiger partial charge in [-0.1, -0.05) is 6.92 Å². The highest BCUT2D eigenvalue weighted by Gasteiger charge is 2.16. The Morgan fingerprint density at radius 1 is 1.29 bits per heavy atom. The number of nitrogens with two attached hydrogens (primary N) is 1. The fourth-order valence-electron chi connectivity index (χ4n) is 1.74.